The van der Waals surface area contributed by atoms with Gasteiger partial charge >= 0.3 is 0 Å². The molecule has 0 amide bonds. The van der Waals surface area contributed by atoms with Crippen LogP contribution in [0.1, 0.15) is 19.3 Å². The number of nitrogens with one attached hydrogen (secondary N) is 1. The Balaban J connectivity index is 1.73. The molecule has 0 radical (unpaired) electrons. The van der Waals surface area contributed by atoms with Crippen LogP contribution in [0.5, 0.6) is 0 Å². The van der Waals surface area contributed by atoms with Gasteiger partial charge in [0.1, 0.15) is 18.0 Å². The molecule has 5 nitrogen and oxygen atoms in total. The summed E-state index contributed by atoms with van der Waals surface area (Å²) < 4.78 is 0. The Bertz CT molecular complexity index is 376. The molecule has 2 heterocycles. The molecule has 3 N–H and O–H groups in total. The van der Waals surface area contributed by atoms with E-state index in [0.29, 0.717) is 6.04 Å². The topological polar surface area (TPSA) is 67.1 Å². The molecule has 1 saturated heterocycles. The highest BCUT2D eigenvalue weighted by atomic mass is 15.2. The van der Waals surface area contributed by atoms with Crippen molar-refractivity contribution in [2.24, 2.45) is 5.73 Å². The standard InChI is InChI=1S/C11H17N5/c12-8-3-4-16(6-8)11-5-10(13-7-14-11)15-9-1-2-9/h5,7-9H,1-4,6,12H2,(H,13,14,15). The summed E-state index contributed by atoms with van der Waals surface area (Å²) in [5.74, 6) is 1.93. The number of rotatable bonds is 3. The Labute approximate surface area is 95.1 Å². The molecule has 1 atom stereocenters. The summed E-state index contributed by atoms with van der Waals surface area (Å²) in [6.45, 7) is 1.90. The molecule has 0 spiro atoms. The molecular weight excluding hydrogens is 202 g/mol. The van der Waals surface area contributed by atoms with Gasteiger partial charge in [-0.25, -0.2) is 9.97 Å². The van der Waals surface area contributed by atoms with Gasteiger partial charge < -0.3 is 16.0 Å². The van der Waals surface area contributed by atoms with Crippen LogP contribution >= 0.6 is 0 Å². The quantitative estimate of drug-likeness (QED) is 0.778. The van der Waals surface area contributed by atoms with E-state index < -0.39 is 0 Å². The zero-order valence-electron chi connectivity index (χ0n) is 9.26. The molecule has 2 aliphatic rings. The van der Waals surface area contributed by atoms with Crippen molar-refractivity contribution in [1.82, 2.24) is 9.97 Å². The van der Waals surface area contributed by atoms with E-state index in [2.05, 4.69) is 20.2 Å². The van der Waals surface area contributed by atoms with Gasteiger partial charge in [0.15, 0.2) is 0 Å². The van der Waals surface area contributed by atoms with Crippen LogP contribution < -0.4 is 16.0 Å². The normalized spacial score (nSPS) is 24.8. The molecule has 1 unspecified atom stereocenters. The van der Waals surface area contributed by atoms with Crippen LogP contribution in [0.15, 0.2) is 12.4 Å². The fourth-order valence-corrected chi connectivity index (χ4v) is 2.03. The van der Waals surface area contributed by atoms with Gasteiger partial charge in [0.05, 0.1) is 0 Å². The third kappa shape index (κ3) is 2.09. The Morgan fingerprint density at radius 3 is 2.88 bits per heavy atom. The van der Waals surface area contributed by atoms with Crippen LogP contribution in [0.4, 0.5) is 11.6 Å². The molecule has 86 valence electrons. The van der Waals surface area contributed by atoms with E-state index in [0.717, 1.165) is 31.1 Å². The summed E-state index contributed by atoms with van der Waals surface area (Å²) in [6.07, 6.45) is 5.20. The predicted octanol–water partition coefficient (Wildman–Crippen LogP) is 0.588. The van der Waals surface area contributed by atoms with Crippen LogP contribution in [0.2, 0.25) is 0 Å². The van der Waals surface area contributed by atoms with Gasteiger partial charge in [0, 0.05) is 31.2 Å². The Kier molecular flexibility index (Phi) is 2.40. The second-order valence-electron chi connectivity index (χ2n) is 4.67. The maximum Gasteiger partial charge on any atom is 0.134 e. The van der Waals surface area contributed by atoms with Gasteiger partial charge in [0.2, 0.25) is 0 Å². The molecule has 2 fully saturated rings. The van der Waals surface area contributed by atoms with E-state index in [1.165, 1.54) is 12.8 Å². The number of nitrogens with zero attached hydrogens (tertiary/aromatic N) is 3. The SMILES string of the molecule is NC1CCN(c2cc(NC3CC3)ncn2)C1. The molecule has 1 saturated carbocycles. The second-order valence-corrected chi connectivity index (χ2v) is 4.67. The number of aromatic nitrogens is 2. The van der Waals surface area contributed by atoms with Crippen molar-refractivity contribution < 1.29 is 0 Å². The largest absolute Gasteiger partial charge is 0.367 e. The number of anilines is 2. The Hall–Kier alpha value is -1.36. The molecule has 1 aliphatic carbocycles. The maximum atomic E-state index is 5.89. The average molecular weight is 219 g/mol. The number of nitrogens with two attached hydrogens (primary N) is 1. The number of hydrogen-bond acceptors (Lipinski definition) is 5. The van der Waals surface area contributed by atoms with Crippen LogP contribution in [0, 0.1) is 0 Å². The first-order valence-corrected chi connectivity index (χ1v) is 5.90. The van der Waals surface area contributed by atoms with Crippen LogP contribution in [0.25, 0.3) is 0 Å². The van der Waals surface area contributed by atoms with Crippen molar-refractivity contribution >= 4 is 11.6 Å². The molecule has 16 heavy (non-hydrogen) atoms. The smallest absolute Gasteiger partial charge is 0.134 e. The molecule has 1 aliphatic heterocycles. The van der Waals surface area contributed by atoms with Gasteiger partial charge in [-0.05, 0) is 19.3 Å². The maximum absolute atomic E-state index is 5.89. The second kappa shape index (κ2) is 3.90. The molecule has 3 rings (SSSR count). The summed E-state index contributed by atoms with van der Waals surface area (Å²) in [6, 6.07) is 2.94. The molecule has 1 aromatic heterocycles. The zero-order chi connectivity index (χ0) is 11.0. The van der Waals surface area contributed by atoms with Crippen molar-refractivity contribution in [2.75, 3.05) is 23.3 Å². The third-order valence-corrected chi connectivity index (χ3v) is 3.13. The zero-order valence-corrected chi connectivity index (χ0v) is 9.26. The van der Waals surface area contributed by atoms with E-state index in [1.807, 2.05) is 6.07 Å². The Morgan fingerprint density at radius 1 is 1.31 bits per heavy atom. The van der Waals surface area contributed by atoms with Gasteiger partial charge in [-0.3, -0.25) is 0 Å². The highest BCUT2D eigenvalue weighted by molar-refractivity contribution is 5.50. The molecule has 5 heteroatoms. The van der Waals surface area contributed by atoms with Crippen molar-refractivity contribution in [3.05, 3.63) is 12.4 Å². The van der Waals surface area contributed by atoms with Crippen molar-refractivity contribution in [1.29, 1.82) is 0 Å². The third-order valence-electron chi connectivity index (χ3n) is 3.13. The first-order valence-electron chi connectivity index (χ1n) is 5.90. The lowest BCUT2D eigenvalue weighted by atomic mass is 10.3. The van der Waals surface area contributed by atoms with Gasteiger partial charge in [0.25, 0.3) is 0 Å². The first-order chi connectivity index (χ1) is 7.81. The monoisotopic (exact) mass is 219 g/mol. The van der Waals surface area contributed by atoms with Crippen molar-refractivity contribution in [2.45, 2.75) is 31.3 Å². The summed E-state index contributed by atoms with van der Waals surface area (Å²) in [5, 5.41) is 3.38. The van der Waals surface area contributed by atoms with Crippen molar-refractivity contribution in [3.8, 4) is 0 Å². The summed E-state index contributed by atoms with van der Waals surface area (Å²) in [4.78, 5) is 10.8. The van der Waals surface area contributed by atoms with Gasteiger partial charge in [-0.2, -0.15) is 0 Å². The highest BCUT2D eigenvalue weighted by Gasteiger charge is 2.23. The lowest BCUT2D eigenvalue weighted by molar-refractivity contribution is 0.751. The van der Waals surface area contributed by atoms with Crippen LogP contribution in [-0.4, -0.2) is 35.1 Å². The van der Waals surface area contributed by atoms with Crippen LogP contribution in [-0.2, 0) is 0 Å². The van der Waals surface area contributed by atoms with E-state index in [-0.39, 0.29) is 6.04 Å². The van der Waals surface area contributed by atoms with Crippen molar-refractivity contribution in [3.63, 3.8) is 0 Å². The van der Waals surface area contributed by atoms with E-state index in [1.54, 1.807) is 6.33 Å². The minimum atomic E-state index is 0.287. The lowest BCUT2D eigenvalue weighted by Gasteiger charge is -2.17. The summed E-state index contributed by atoms with van der Waals surface area (Å²) >= 11 is 0. The Morgan fingerprint density at radius 2 is 2.19 bits per heavy atom. The molecular formula is C11H17N5. The molecule has 1 aromatic rings. The van der Waals surface area contributed by atoms with E-state index in [4.69, 9.17) is 5.73 Å². The molecule has 0 aromatic carbocycles. The average Bonchev–Trinajstić information content (AvgIpc) is 2.98. The van der Waals surface area contributed by atoms with Crippen LogP contribution in [0.3, 0.4) is 0 Å². The predicted molar refractivity (Wildman–Crippen MR) is 63.5 cm³/mol. The molecule has 0 bridgehead atoms. The summed E-state index contributed by atoms with van der Waals surface area (Å²) in [5.41, 5.74) is 5.89. The van der Waals surface area contributed by atoms with Gasteiger partial charge in [-0.15, -0.1) is 0 Å². The fraction of sp³-hybridized carbons (Fsp3) is 0.636. The minimum absolute atomic E-state index is 0.287. The van der Waals surface area contributed by atoms with E-state index in [9.17, 15) is 0 Å². The fourth-order valence-electron chi connectivity index (χ4n) is 2.03. The van der Waals surface area contributed by atoms with E-state index >= 15 is 0 Å². The first kappa shape index (κ1) is 9.84. The lowest BCUT2D eigenvalue weighted by Crippen LogP contribution is -2.27. The highest BCUT2D eigenvalue weighted by Crippen LogP contribution is 2.25. The summed E-state index contributed by atoms with van der Waals surface area (Å²) in [7, 11) is 0. The van der Waals surface area contributed by atoms with Gasteiger partial charge in [-0.1, -0.05) is 0 Å². The number of hydrogen-bond donors (Lipinski definition) is 2. The minimum Gasteiger partial charge on any atom is -0.367 e.